The molecule has 1 aromatic heterocycles. The fourth-order valence-electron chi connectivity index (χ4n) is 1.36. The number of anilines is 1. The first-order valence-corrected chi connectivity index (χ1v) is 6.20. The number of rotatable bonds is 4. The van der Waals surface area contributed by atoms with Crippen LogP contribution in [-0.4, -0.2) is 17.5 Å². The summed E-state index contributed by atoms with van der Waals surface area (Å²) in [6, 6.07) is 11.8. The first-order chi connectivity index (χ1) is 9.13. The van der Waals surface area contributed by atoms with Gasteiger partial charge in [0.2, 0.25) is 0 Å². The lowest BCUT2D eigenvalue weighted by Gasteiger charge is -2.07. The van der Waals surface area contributed by atoms with Gasteiger partial charge in [0.15, 0.2) is 6.61 Å². The lowest BCUT2D eigenvalue weighted by Crippen LogP contribution is -2.20. The van der Waals surface area contributed by atoms with Gasteiger partial charge in [-0.3, -0.25) is 4.79 Å². The van der Waals surface area contributed by atoms with Crippen molar-refractivity contribution in [2.24, 2.45) is 0 Å². The first kappa shape index (κ1) is 13.6. The van der Waals surface area contributed by atoms with E-state index in [4.69, 9.17) is 27.9 Å². The summed E-state index contributed by atoms with van der Waals surface area (Å²) in [6.45, 7) is -0.130. The number of amides is 1. The maximum atomic E-state index is 11.6. The third kappa shape index (κ3) is 4.43. The van der Waals surface area contributed by atoms with Crippen molar-refractivity contribution in [3.63, 3.8) is 0 Å². The van der Waals surface area contributed by atoms with E-state index >= 15 is 0 Å². The Morgan fingerprint density at radius 3 is 2.74 bits per heavy atom. The zero-order chi connectivity index (χ0) is 13.7. The van der Waals surface area contributed by atoms with Crippen LogP contribution in [0, 0.1) is 0 Å². The summed E-state index contributed by atoms with van der Waals surface area (Å²) in [5.74, 6) is 0.587. The molecule has 0 aliphatic rings. The van der Waals surface area contributed by atoms with Gasteiger partial charge in [-0.05, 0) is 30.3 Å². The van der Waals surface area contributed by atoms with E-state index in [1.807, 2.05) is 0 Å². The third-order valence-electron chi connectivity index (χ3n) is 2.15. The van der Waals surface area contributed by atoms with E-state index in [2.05, 4.69) is 10.3 Å². The molecule has 6 heteroatoms. The van der Waals surface area contributed by atoms with Gasteiger partial charge in [-0.1, -0.05) is 35.3 Å². The number of hydrogen-bond donors (Lipinski definition) is 1. The molecular formula is C13H10Cl2N2O2. The Balaban J connectivity index is 1.88. The van der Waals surface area contributed by atoms with Crippen molar-refractivity contribution in [3.8, 4) is 5.75 Å². The number of hydrogen-bond acceptors (Lipinski definition) is 3. The van der Waals surface area contributed by atoms with E-state index in [0.29, 0.717) is 21.7 Å². The molecule has 0 aliphatic carbocycles. The van der Waals surface area contributed by atoms with Crippen LogP contribution in [0.25, 0.3) is 0 Å². The molecule has 0 fully saturated rings. The van der Waals surface area contributed by atoms with Crippen LogP contribution in [0.3, 0.4) is 0 Å². The van der Waals surface area contributed by atoms with Gasteiger partial charge in [-0.25, -0.2) is 4.98 Å². The second-order valence-electron chi connectivity index (χ2n) is 3.64. The zero-order valence-electron chi connectivity index (χ0n) is 9.77. The predicted molar refractivity (Wildman–Crippen MR) is 74.8 cm³/mol. The Kier molecular flexibility index (Phi) is 4.60. The topological polar surface area (TPSA) is 51.2 Å². The minimum Gasteiger partial charge on any atom is -0.484 e. The highest BCUT2D eigenvalue weighted by molar-refractivity contribution is 6.30. The molecule has 98 valence electrons. The van der Waals surface area contributed by atoms with Gasteiger partial charge in [-0.15, -0.1) is 0 Å². The Bertz CT molecular complexity index is 590. The van der Waals surface area contributed by atoms with E-state index in [-0.39, 0.29) is 12.5 Å². The molecule has 0 unspecified atom stereocenters. The fourth-order valence-corrected chi connectivity index (χ4v) is 1.71. The van der Waals surface area contributed by atoms with Crippen molar-refractivity contribution in [3.05, 3.63) is 52.6 Å². The number of pyridine rings is 1. The van der Waals surface area contributed by atoms with Crippen LogP contribution >= 0.6 is 23.2 Å². The molecular weight excluding hydrogens is 287 g/mol. The number of halogens is 2. The summed E-state index contributed by atoms with van der Waals surface area (Å²) in [5, 5.41) is 3.44. The van der Waals surface area contributed by atoms with Gasteiger partial charge < -0.3 is 10.1 Å². The molecule has 0 bridgehead atoms. The minimum absolute atomic E-state index is 0.130. The second-order valence-corrected chi connectivity index (χ2v) is 4.46. The number of benzene rings is 1. The molecule has 1 amide bonds. The van der Waals surface area contributed by atoms with Crippen molar-refractivity contribution in [1.29, 1.82) is 0 Å². The molecule has 1 heterocycles. The summed E-state index contributed by atoms with van der Waals surface area (Å²) in [7, 11) is 0. The smallest absolute Gasteiger partial charge is 0.263 e. The van der Waals surface area contributed by atoms with E-state index < -0.39 is 0 Å². The molecule has 0 spiro atoms. The standard InChI is InChI=1S/C13H10Cl2N2O2/c14-9-3-1-4-10(7-9)19-8-13(18)17-12-6-2-5-11(15)16-12/h1-7H,8H2,(H,16,17,18). The molecule has 0 atom stereocenters. The van der Waals surface area contributed by atoms with Crippen LogP contribution in [-0.2, 0) is 4.79 Å². The average molecular weight is 297 g/mol. The van der Waals surface area contributed by atoms with E-state index in [0.717, 1.165) is 0 Å². The van der Waals surface area contributed by atoms with Crippen LogP contribution in [0.4, 0.5) is 5.82 Å². The van der Waals surface area contributed by atoms with Crippen molar-refractivity contribution in [2.75, 3.05) is 11.9 Å². The number of ether oxygens (including phenoxy) is 1. The van der Waals surface area contributed by atoms with Crippen molar-refractivity contribution < 1.29 is 9.53 Å². The quantitative estimate of drug-likeness (QED) is 0.880. The lowest BCUT2D eigenvalue weighted by molar-refractivity contribution is -0.118. The Labute approximate surface area is 120 Å². The molecule has 0 aliphatic heterocycles. The number of carbonyl (C=O) groups excluding carboxylic acids is 1. The van der Waals surface area contributed by atoms with E-state index in [1.54, 1.807) is 42.5 Å². The molecule has 0 saturated heterocycles. The normalized spacial score (nSPS) is 10.0. The largest absolute Gasteiger partial charge is 0.484 e. The van der Waals surface area contributed by atoms with Crippen molar-refractivity contribution >= 4 is 34.9 Å². The van der Waals surface area contributed by atoms with Gasteiger partial charge in [0.05, 0.1) is 0 Å². The Morgan fingerprint density at radius 2 is 2.00 bits per heavy atom. The molecule has 2 aromatic rings. The molecule has 19 heavy (non-hydrogen) atoms. The van der Waals surface area contributed by atoms with Gasteiger partial charge in [0.1, 0.15) is 16.7 Å². The summed E-state index contributed by atoms with van der Waals surface area (Å²) >= 11 is 11.5. The highest BCUT2D eigenvalue weighted by Crippen LogP contribution is 2.17. The van der Waals surface area contributed by atoms with Crippen LogP contribution in [0.1, 0.15) is 0 Å². The molecule has 2 rings (SSSR count). The van der Waals surface area contributed by atoms with Crippen molar-refractivity contribution in [2.45, 2.75) is 0 Å². The highest BCUT2D eigenvalue weighted by atomic mass is 35.5. The zero-order valence-corrected chi connectivity index (χ0v) is 11.3. The van der Waals surface area contributed by atoms with Gasteiger partial charge in [0.25, 0.3) is 5.91 Å². The fraction of sp³-hybridized carbons (Fsp3) is 0.0769. The lowest BCUT2D eigenvalue weighted by atomic mass is 10.3. The molecule has 1 aromatic carbocycles. The van der Waals surface area contributed by atoms with Gasteiger partial charge >= 0.3 is 0 Å². The summed E-state index contributed by atoms with van der Waals surface area (Å²) in [5.41, 5.74) is 0. The second kappa shape index (κ2) is 6.41. The maximum Gasteiger partial charge on any atom is 0.263 e. The third-order valence-corrected chi connectivity index (χ3v) is 2.59. The van der Waals surface area contributed by atoms with Crippen LogP contribution in [0.15, 0.2) is 42.5 Å². The predicted octanol–water partition coefficient (Wildman–Crippen LogP) is 3.41. The van der Waals surface area contributed by atoms with E-state index in [9.17, 15) is 4.79 Å². The highest BCUT2D eigenvalue weighted by Gasteiger charge is 2.05. The average Bonchev–Trinajstić information content (AvgIpc) is 2.36. The van der Waals surface area contributed by atoms with Gasteiger partial charge in [0, 0.05) is 5.02 Å². The SMILES string of the molecule is O=C(COc1cccc(Cl)c1)Nc1cccc(Cl)n1. The van der Waals surface area contributed by atoms with Crippen LogP contribution in [0.5, 0.6) is 5.75 Å². The van der Waals surface area contributed by atoms with Gasteiger partial charge in [-0.2, -0.15) is 0 Å². The maximum absolute atomic E-state index is 11.6. The first-order valence-electron chi connectivity index (χ1n) is 5.44. The molecule has 4 nitrogen and oxygen atoms in total. The summed E-state index contributed by atoms with van der Waals surface area (Å²) < 4.78 is 5.29. The molecule has 1 N–H and O–H groups in total. The van der Waals surface area contributed by atoms with Crippen LogP contribution < -0.4 is 10.1 Å². The van der Waals surface area contributed by atoms with Crippen LogP contribution in [0.2, 0.25) is 10.2 Å². The Hall–Kier alpha value is -1.78. The summed E-state index contributed by atoms with van der Waals surface area (Å²) in [4.78, 5) is 15.6. The number of carbonyl (C=O) groups is 1. The number of nitrogens with zero attached hydrogens (tertiary/aromatic N) is 1. The summed E-state index contributed by atoms with van der Waals surface area (Å²) in [6.07, 6.45) is 0. The monoisotopic (exact) mass is 296 g/mol. The van der Waals surface area contributed by atoms with Crippen molar-refractivity contribution in [1.82, 2.24) is 4.98 Å². The molecule has 0 radical (unpaired) electrons. The number of aromatic nitrogens is 1. The molecule has 0 saturated carbocycles. The van der Waals surface area contributed by atoms with E-state index in [1.165, 1.54) is 0 Å². The number of nitrogens with one attached hydrogen (secondary N) is 1. The Morgan fingerprint density at radius 1 is 1.21 bits per heavy atom. The minimum atomic E-state index is -0.324.